The zero-order valence-corrected chi connectivity index (χ0v) is 10.1. The van der Waals surface area contributed by atoms with Crippen LogP contribution in [0.4, 0.5) is 5.69 Å². The third kappa shape index (κ3) is 2.75. The summed E-state index contributed by atoms with van der Waals surface area (Å²) in [5, 5.41) is 4.35. The fourth-order valence-corrected chi connectivity index (χ4v) is 1.46. The highest BCUT2D eigenvalue weighted by Gasteiger charge is 2.09. The number of hydrogen-bond acceptors (Lipinski definition) is 5. The molecule has 0 aliphatic rings. The van der Waals surface area contributed by atoms with Crippen molar-refractivity contribution in [2.24, 2.45) is 0 Å². The summed E-state index contributed by atoms with van der Waals surface area (Å²) in [5.74, 6) is 1.04. The number of rotatable bonds is 4. The minimum atomic E-state index is 0.430. The van der Waals surface area contributed by atoms with Gasteiger partial charge >= 0.3 is 0 Å². The molecule has 5 nitrogen and oxygen atoms in total. The van der Waals surface area contributed by atoms with Crippen LogP contribution in [0.2, 0.25) is 5.02 Å². The number of benzene rings is 1. The van der Waals surface area contributed by atoms with Crippen LogP contribution in [0.1, 0.15) is 5.82 Å². The molecule has 2 rings (SSSR count). The Hall–Kier alpha value is -1.59. The van der Waals surface area contributed by atoms with Gasteiger partial charge in [0.25, 0.3) is 5.89 Å². The summed E-state index contributed by atoms with van der Waals surface area (Å²) in [4.78, 5) is 4.23. The standard InChI is InChI=1S/C11H12ClN3O2/c1-16-5-4-10-14-11(17-15-10)7-2-3-8(12)9(13)6-7/h2-3,6H,4-5,13H2,1H3. The summed E-state index contributed by atoms with van der Waals surface area (Å²) in [7, 11) is 1.63. The number of aromatic nitrogens is 2. The van der Waals surface area contributed by atoms with Crippen molar-refractivity contribution in [1.29, 1.82) is 0 Å². The second-order valence-electron chi connectivity index (χ2n) is 3.49. The predicted octanol–water partition coefficient (Wildman–Crippen LogP) is 2.16. The van der Waals surface area contributed by atoms with E-state index in [2.05, 4.69) is 10.1 Å². The molecule has 0 saturated heterocycles. The van der Waals surface area contributed by atoms with Gasteiger partial charge in [0.05, 0.1) is 17.3 Å². The van der Waals surface area contributed by atoms with E-state index in [-0.39, 0.29) is 0 Å². The molecule has 0 amide bonds. The van der Waals surface area contributed by atoms with Gasteiger partial charge in [-0.2, -0.15) is 4.98 Å². The summed E-state index contributed by atoms with van der Waals surface area (Å²) in [6.45, 7) is 0.557. The maximum Gasteiger partial charge on any atom is 0.257 e. The zero-order chi connectivity index (χ0) is 12.3. The van der Waals surface area contributed by atoms with Gasteiger partial charge in [-0.3, -0.25) is 0 Å². The van der Waals surface area contributed by atoms with Crippen molar-refractivity contribution in [3.05, 3.63) is 29.0 Å². The fraction of sp³-hybridized carbons (Fsp3) is 0.273. The summed E-state index contributed by atoms with van der Waals surface area (Å²) in [6, 6.07) is 5.19. The highest BCUT2D eigenvalue weighted by Crippen LogP contribution is 2.25. The number of nitrogens with two attached hydrogens (primary N) is 1. The molecule has 0 aliphatic heterocycles. The smallest absolute Gasteiger partial charge is 0.257 e. The van der Waals surface area contributed by atoms with E-state index in [9.17, 15) is 0 Å². The van der Waals surface area contributed by atoms with Crippen molar-refractivity contribution < 1.29 is 9.26 Å². The molecule has 1 aromatic heterocycles. The molecule has 0 fully saturated rings. The van der Waals surface area contributed by atoms with E-state index in [1.54, 1.807) is 25.3 Å². The highest BCUT2D eigenvalue weighted by atomic mass is 35.5. The van der Waals surface area contributed by atoms with Crippen LogP contribution in [-0.4, -0.2) is 23.9 Å². The van der Waals surface area contributed by atoms with Crippen molar-refractivity contribution in [3.63, 3.8) is 0 Å². The van der Waals surface area contributed by atoms with Crippen LogP contribution in [0.3, 0.4) is 0 Å². The first-order valence-electron chi connectivity index (χ1n) is 5.07. The van der Waals surface area contributed by atoms with Crippen molar-refractivity contribution in [1.82, 2.24) is 10.1 Å². The molecule has 1 heterocycles. The van der Waals surface area contributed by atoms with E-state index in [1.165, 1.54) is 0 Å². The van der Waals surface area contributed by atoms with Crippen molar-refractivity contribution in [2.75, 3.05) is 19.5 Å². The van der Waals surface area contributed by atoms with Gasteiger partial charge in [0.15, 0.2) is 5.82 Å². The van der Waals surface area contributed by atoms with E-state index < -0.39 is 0 Å². The molecular weight excluding hydrogens is 242 g/mol. The van der Waals surface area contributed by atoms with Crippen LogP contribution >= 0.6 is 11.6 Å². The largest absolute Gasteiger partial charge is 0.398 e. The molecule has 1 aromatic carbocycles. The Labute approximate surface area is 104 Å². The summed E-state index contributed by atoms with van der Waals surface area (Å²) < 4.78 is 10.1. The minimum absolute atomic E-state index is 0.430. The van der Waals surface area contributed by atoms with E-state index in [0.29, 0.717) is 35.5 Å². The molecule has 0 bridgehead atoms. The average Bonchev–Trinajstić information content (AvgIpc) is 2.79. The zero-order valence-electron chi connectivity index (χ0n) is 9.31. The van der Waals surface area contributed by atoms with Gasteiger partial charge < -0.3 is 15.0 Å². The molecule has 0 aliphatic carbocycles. The highest BCUT2D eigenvalue weighted by molar-refractivity contribution is 6.33. The lowest BCUT2D eigenvalue weighted by Gasteiger charge is -1.98. The molecule has 0 atom stereocenters. The van der Waals surface area contributed by atoms with Crippen LogP contribution in [-0.2, 0) is 11.2 Å². The first kappa shape index (κ1) is 11.9. The number of ether oxygens (including phenoxy) is 1. The Kier molecular flexibility index (Phi) is 3.61. The lowest BCUT2D eigenvalue weighted by Crippen LogP contribution is -1.96. The Morgan fingerprint density at radius 3 is 3.00 bits per heavy atom. The molecule has 6 heteroatoms. The summed E-state index contributed by atoms with van der Waals surface area (Å²) in [6.07, 6.45) is 0.614. The quantitative estimate of drug-likeness (QED) is 0.845. The van der Waals surface area contributed by atoms with Crippen molar-refractivity contribution >= 4 is 17.3 Å². The molecular formula is C11H12ClN3O2. The number of nitrogens with zero attached hydrogens (tertiary/aromatic N) is 2. The van der Waals surface area contributed by atoms with Gasteiger partial charge in [0.1, 0.15) is 0 Å². The van der Waals surface area contributed by atoms with E-state index in [1.807, 2.05) is 0 Å². The molecule has 2 N–H and O–H groups in total. The fourth-order valence-electron chi connectivity index (χ4n) is 1.34. The van der Waals surface area contributed by atoms with E-state index >= 15 is 0 Å². The monoisotopic (exact) mass is 253 g/mol. The number of halogens is 1. The second kappa shape index (κ2) is 5.16. The Morgan fingerprint density at radius 2 is 2.29 bits per heavy atom. The Balaban J connectivity index is 2.21. The molecule has 17 heavy (non-hydrogen) atoms. The Bertz CT molecular complexity index is 513. The van der Waals surface area contributed by atoms with Crippen LogP contribution in [0, 0.1) is 0 Å². The average molecular weight is 254 g/mol. The van der Waals surface area contributed by atoms with Crippen LogP contribution < -0.4 is 5.73 Å². The SMILES string of the molecule is COCCc1noc(-c2ccc(Cl)c(N)c2)n1. The molecule has 0 radical (unpaired) electrons. The van der Waals surface area contributed by atoms with E-state index in [0.717, 1.165) is 5.56 Å². The van der Waals surface area contributed by atoms with Gasteiger partial charge in [-0.15, -0.1) is 0 Å². The Morgan fingerprint density at radius 1 is 1.47 bits per heavy atom. The number of nitrogen functional groups attached to an aromatic ring is 1. The maximum absolute atomic E-state index is 5.83. The second-order valence-corrected chi connectivity index (χ2v) is 3.90. The lowest BCUT2D eigenvalue weighted by atomic mass is 10.2. The van der Waals surface area contributed by atoms with Gasteiger partial charge in [-0.25, -0.2) is 0 Å². The number of anilines is 1. The molecule has 90 valence electrons. The van der Waals surface area contributed by atoms with Crippen LogP contribution in [0.15, 0.2) is 22.7 Å². The molecule has 2 aromatic rings. The van der Waals surface area contributed by atoms with E-state index in [4.69, 9.17) is 26.6 Å². The minimum Gasteiger partial charge on any atom is -0.398 e. The predicted molar refractivity (Wildman–Crippen MR) is 64.7 cm³/mol. The number of hydrogen-bond donors (Lipinski definition) is 1. The maximum atomic E-state index is 5.83. The third-order valence-corrected chi connectivity index (χ3v) is 2.59. The normalized spacial score (nSPS) is 10.7. The van der Waals surface area contributed by atoms with Crippen LogP contribution in [0.25, 0.3) is 11.5 Å². The van der Waals surface area contributed by atoms with Gasteiger partial charge in [0, 0.05) is 19.1 Å². The third-order valence-electron chi connectivity index (χ3n) is 2.24. The van der Waals surface area contributed by atoms with Gasteiger partial charge in [0.2, 0.25) is 0 Å². The molecule has 0 unspecified atom stereocenters. The van der Waals surface area contributed by atoms with Gasteiger partial charge in [-0.1, -0.05) is 16.8 Å². The van der Waals surface area contributed by atoms with Crippen molar-refractivity contribution in [2.45, 2.75) is 6.42 Å². The van der Waals surface area contributed by atoms with Crippen LogP contribution in [0.5, 0.6) is 0 Å². The first-order chi connectivity index (χ1) is 8.20. The molecule has 0 saturated carbocycles. The summed E-state index contributed by atoms with van der Waals surface area (Å²) in [5.41, 5.74) is 6.94. The lowest BCUT2D eigenvalue weighted by molar-refractivity contribution is 0.199. The summed E-state index contributed by atoms with van der Waals surface area (Å²) >= 11 is 5.83. The van der Waals surface area contributed by atoms with Crippen molar-refractivity contribution in [3.8, 4) is 11.5 Å². The first-order valence-corrected chi connectivity index (χ1v) is 5.45. The topological polar surface area (TPSA) is 74.2 Å². The van der Waals surface area contributed by atoms with Gasteiger partial charge in [-0.05, 0) is 18.2 Å². The number of methoxy groups -OCH3 is 1. The molecule has 0 spiro atoms.